The largest absolute Gasteiger partial charge is 0.508 e. The third-order valence-corrected chi connectivity index (χ3v) is 9.05. The molecule has 0 radical (unpaired) electrons. The zero-order valence-electron chi connectivity index (χ0n) is 34.9. The molecule has 0 amide bonds. The van der Waals surface area contributed by atoms with Gasteiger partial charge in [-0.15, -0.1) is 0 Å². The Kier molecular flexibility index (Phi) is 39.3. The maximum Gasteiger partial charge on any atom is 0.508 e. The average Bonchev–Trinajstić information content (AvgIpc) is 3.18. The van der Waals surface area contributed by atoms with Gasteiger partial charge in [-0.3, -0.25) is 14.5 Å². The lowest BCUT2D eigenvalue weighted by Gasteiger charge is -2.20. The van der Waals surface area contributed by atoms with Gasteiger partial charge in [0.15, 0.2) is 6.29 Å². The van der Waals surface area contributed by atoms with E-state index in [0.29, 0.717) is 45.5 Å². The van der Waals surface area contributed by atoms with Crippen LogP contribution in [0, 0.1) is 5.92 Å². The van der Waals surface area contributed by atoms with Crippen molar-refractivity contribution in [2.45, 2.75) is 155 Å². The molecule has 0 saturated heterocycles. The second kappa shape index (κ2) is 41.1. The topological polar surface area (TPSA) is 150 Å². The molecular weight excluding hydrogens is 706 g/mol. The van der Waals surface area contributed by atoms with E-state index in [9.17, 15) is 14.4 Å². The number of esters is 2. The fourth-order valence-corrected chi connectivity index (χ4v) is 5.68. The predicted octanol–water partition coefficient (Wildman–Crippen LogP) is 8.46. The number of aliphatic hydroxyl groups is 2. The van der Waals surface area contributed by atoms with Crippen molar-refractivity contribution in [3.63, 3.8) is 0 Å². The van der Waals surface area contributed by atoms with Crippen LogP contribution in [-0.2, 0) is 38.0 Å². The van der Waals surface area contributed by atoms with Crippen LogP contribution in [0.5, 0.6) is 0 Å². The van der Waals surface area contributed by atoms with Crippen molar-refractivity contribution in [1.82, 2.24) is 4.90 Å². The van der Waals surface area contributed by atoms with Gasteiger partial charge in [-0.2, -0.15) is 0 Å². The molecule has 0 aromatic carbocycles. The lowest BCUT2D eigenvalue weighted by molar-refractivity contribution is -0.155. The summed E-state index contributed by atoms with van der Waals surface area (Å²) < 4.78 is 32.6. The SMILES string of the molecule is CCCCC/C=C\C/C=C\CCCCCCCC(=O)OCC(COC(=O)CCC(OC)OCCCCCCCC)COC(=O)OCCCN(CCO)CCO. The van der Waals surface area contributed by atoms with Crippen molar-refractivity contribution < 1.29 is 53.0 Å². The summed E-state index contributed by atoms with van der Waals surface area (Å²) in [6.45, 7) is 6.04. The normalized spacial score (nSPS) is 12.8. The molecule has 0 spiro atoms. The molecule has 0 aliphatic carbocycles. The van der Waals surface area contributed by atoms with E-state index in [-0.39, 0.29) is 52.0 Å². The fourth-order valence-electron chi connectivity index (χ4n) is 5.68. The van der Waals surface area contributed by atoms with E-state index in [2.05, 4.69) is 38.2 Å². The number of unbranched alkanes of at least 4 members (excludes halogenated alkanes) is 13. The number of ether oxygens (including phenoxy) is 6. The van der Waals surface area contributed by atoms with Crippen LogP contribution in [0.1, 0.15) is 149 Å². The molecule has 0 rings (SSSR count). The van der Waals surface area contributed by atoms with E-state index in [4.69, 9.17) is 38.6 Å². The van der Waals surface area contributed by atoms with Crippen molar-refractivity contribution >= 4 is 18.1 Å². The van der Waals surface area contributed by atoms with Crippen molar-refractivity contribution in [2.75, 3.05) is 73.0 Å². The van der Waals surface area contributed by atoms with Crippen LogP contribution >= 0.6 is 0 Å². The molecule has 322 valence electrons. The van der Waals surface area contributed by atoms with E-state index in [1.165, 1.54) is 51.4 Å². The summed E-state index contributed by atoms with van der Waals surface area (Å²) in [7, 11) is 1.55. The molecule has 0 aliphatic rings. The number of hydrogen-bond acceptors (Lipinski definition) is 12. The first-order chi connectivity index (χ1) is 26.9. The minimum Gasteiger partial charge on any atom is -0.465 e. The molecule has 2 unspecified atom stereocenters. The van der Waals surface area contributed by atoms with Gasteiger partial charge in [0, 0.05) is 46.2 Å². The second-order valence-corrected chi connectivity index (χ2v) is 14.1. The van der Waals surface area contributed by atoms with Crippen LogP contribution in [0.4, 0.5) is 4.79 Å². The predicted molar refractivity (Wildman–Crippen MR) is 217 cm³/mol. The molecule has 0 aliphatic heterocycles. The Morgan fingerprint density at radius 1 is 0.582 bits per heavy atom. The van der Waals surface area contributed by atoms with E-state index >= 15 is 0 Å². The number of rotatable bonds is 40. The van der Waals surface area contributed by atoms with Crippen LogP contribution in [0.15, 0.2) is 24.3 Å². The summed E-state index contributed by atoms with van der Waals surface area (Å²) in [4.78, 5) is 39.3. The molecular formula is C43H79NO11. The molecule has 12 heteroatoms. The summed E-state index contributed by atoms with van der Waals surface area (Å²) in [5, 5.41) is 18.3. The summed E-state index contributed by atoms with van der Waals surface area (Å²) in [6, 6.07) is 0. The minimum absolute atomic E-state index is 0.0324. The van der Waals surface area contributed by atoms with Gasteiger partial charge >= 0.3 is 18.1 Å². The Morgan fingerprint density at radius 3 is 1.76 bits per heavy atom. The van der Waals surface area contributed by atoms with Gasteiger partial charge in [-0.25, -0.2) is 4.79 Å². The number of allylic oxidation sites excluding steroid dienone is 4. The van der Waals surface area contributed by atoms with Gasteiger partial charge in [0.2, 0.25) is 0 Å². The number of carbonyl (C=O) groups is 3. The van der Waals surface area contributed by atoms with Gasteiger partial charge in [-0.05, 0) is 51.4 Å². The average molecular weight is 786 g/mol. The van der Waals surface area contributed by atoms with Crippen molar-refractivity contribution in [2.24, 2.45) is 5.92 Å². The Hall–Kier alpha value is -2.51. The van der Waals surface area contributed by atoms with Crippen molar-refractivity contribution in [3.8, 4) is 0 Å². The van der Waals surface area contributed by atoms with E-state index in [0.717, 1.165) is 57.8 Å². The van der Waals surface area contributed by atoms with Gasteiger partial charge in [-0.1, -0.05) is 102 Å². The Labute approximate surface area is 333 Å². The maximum atomic E-state index is 12.6. The number of hydrogen-bond donors (Lipinski definition) is 2. The van der Waals surface area contributed by atoms with Gasteiger partial charge in [0.25, 0.3) is 0 Å². The molecule has 2 N–H and O–H groups in total. The Morgan fingerprint density at radius 2 is 1.13 bits per heavy atom. The number of nitrogens with zero attached hydrogens (tertiary/aromatic N) is 1. The third kappa shape index (κ3) is 36.9. The number of aliphatic hydroxyl groups excluding tert-OH is 2. The standard InChI is InChI=1S/C43H79NO11/c1-4-6-8-10-12-13-14-15-16-17-18-19-20-21-23-26-40(47)53-36-39(38-55-43(49)52-35-25-29-44(30-32-45)31-33-46)37-54-41(48)27-28-42(50-3)51-34-24-22-11-9-7-5-2/h12-13,15-16,39,42,45-46H,4-11,14,17-38H2,1-3H3/b13-12-,16-15-. The van der Waals surface area contributed by atoms with Crippen LogP contribution in [0.2, 0.25) is 0 Å². The van der Waals surface area contributed by atoms with Gasteiger partial charge in [0.05, 0.1) is 32.2 Å². The maximum absolute atomic E-state index is 12.6. The van der Waals surface area contributed by atoms with Crippen molar-refractivity contribution in [1.29, 1.82) is 0 Å². The molecule has 2 atom stereocenters. The molecule has 0 bridgehead atoms. The highest BCUT2D eigenvalue weighted by molar-refractivity contribution is 5.69. The lowest BCUT2D eigenvalue weighted by atomic mass is 10.1. The summed E-state index contributed by atoms with van der Waals surface area (Å²) in [5.74, 6) is -1.37. The lowest BCUT2D eigenvalue weighted by Crippen LogP contribution is -2.31. The van der Waals surface area contributed by atoms with Crippen LogP contribution in [-0.4, -0.2) is 112 Å². The summed E-state index contributed by atoms with van der Waals surface area (Å²) >= 11 is 0. The molecule has 0 aromatic rings. The minimum atomic E-state index is -0.880. The molecule has 0 heterocycles. The van der Waals surface area contributed by atoms with Gasteiger partial charge in [0.1, 0.15) is 19.8 Å². The van der Waals surface area contributed by atoms with E-state index in [1.807, 2.05) is 4.90 Å². The fraction of sp³-hybridized carbons (Fsp3) is 0.837. The third-order valence-electron chi connectivity index (χ3n) is 9.05. The molecule has 0 saturated carbocycles. The number of methoxy groups -OCH3 is 1. The monoisotopic (exact) mass is 786 g/mol. The molecule has 0 aromatic heterocycles. The highest BCUT2D eigenvalue weighted by Gasteiger charge is 2.19. The zero-order valence-corrected chi connectivity index (χ0v) is 34.9. The summed E-state index contributed by atoms with van der Waals surface area (Å²) in [5.41, 5.74) is 0. The van der Waals surface area contributed by atoms with E-state index in [1.54, 1.807) is 7.11 Å². The highest BCUT2D eigenvalue weighted by atomic mass is 16.7. The van der Waals surface area contributed by atoms with Crippen LogP contribution in [0.3, 0.4) is 0 Å². The van der Waals surface area contributed by atoms with E-state index < -0.39 is 24.3 Å². The Balaban J connectivity index is 4.60. The van der Waals surface area contributed by atoms with Crippen molar-refractivity contribution in [3.05, 3.63) is 24.3 Å². The second-order valence-electron chi connectivity index (χ2n) is 14.1. The summed E-state index contributed by atoms with van der Waals surface area (Å²) in [6.07, 6.45) is 27.8. The first-order valence-corrected chi connectivity index (χ1v) is 21.4. The smallest absolute Gasteiger partial charge is 0.465 e. The Bertz CT molecular complexity index is 940. The first-order valence-electron chi connectivity index (χ1n) is 21.4. The molecule has 12 nitrogen and oxygen atoms in total. The highest BCUT2D eigenvalue weighted by Crippen LogP contribution is 2.12. The molecule has 55 heavy (non-hydrogen) atoms. The van der Waals surface area contributed by atoms with Crippen LogP contribution < -0.4 is 0 Å². The zero-order chi connectivity index (χ0) is 40.5. The van der Waals surface area contributed by atoms with Crippen LogP contribution in [0.25, 0.3) is 0 Å². The first kappa shape index (κ1) is 52.5. The number of carbonyl (C=O) groups excluding carboxylic acids is 3. The quantitative estimate of drug-likeness (QED) is 0.0202. The molecule has 0 fully saturated rings. The van der Waals surface area contributed by atoms with Gasteiger partial charge < -0.3 is 38.6 Å².